The van der Waals surface area contributed by atoms with Crippen molar-refractivity contribution in [2.75, 3.05) is 7.11 Å². The molecule has 0 aliphatic carbocycles. The second-order valence-corrected chi connectivity index (χ2v) is 6.35. The monoisotopic (exact) mass is 365 g/mol. The van der Waals surface area contributed by atoms with E-state index in [1.807, 2.05) is 6.07 Å². The van der Waals surface area contributed by atoms with Crippen molar-refractivity contribution in [1.29, 1.82) is 0 Å². The van der Waals surface area contributed by atoms with Crippen molar-refractivity contribution in [1.82, 2.24) is 0 Å². The standard InChI is InChI=1S/C21H19NO5/c1-27-20(26)21(22,12-13-6-8-16(23)9-7-13)19(25)17-10-14-4-2-3-5-15(14)11-18(17)24/h2-11,23-24H,12,22H2,1H3/t21-/m0/s1. The van der Waals surface area contributed by atoms with Crippen LogP contribution in [0.5, 0.6) is 11.5 Å². The predicted molar refractivity (Wildman–Crippen MR) is 101 cm³/mol. The summed E-state index contributed by atoms with van der Waals surface area (Å²) in [6, 6.07) is 16.2. The van der Waals surface area contributed by atoms with Crippen molar-refractivity contribution in [3.05, 3.63) is 71.8 Å². The van der Waals surface area contributed by atoms with Gasteiger partial charge < -0.3 is 20.7 Å². The van der Waals surface area contributed by atoms with Gasteiger partial charge in [0.1, 0.15) is 11.5 Å². The van der Waals surface area contributed by atoms with Crippen LogP contribution < -0.4 is 5.73 Å². The normalized spacial score (nSPS) is 13.1. The van der Waals surface area contributed by atoms with E-state index in [2.05, 4.69) is 0 Å². The molecule has 138 valence electrons. The summed E-state index contributed by atoms with van der Waals surface area (Å²) in [6.07, 6.45) is -0.148. The van der Waals surface area contributed by atoms with Gasteiger partial charge in [-0.3, -0.25) is 4.79 Å². The van der Waals surface area contributed by atoms with E-state index in [-0.39, 0.29) is 23.5 Å². The highest BCUT2D eigenvalue weighted by Gasteiger charge is 2.44. The molecule has 0 saturated carbocycles. The van der Waals surface area contributed by atoms with Crippen molar-refractivity contribution in [2.45, 2.75) is 12.0 Å². The van der Waals surface area contributed by atoms with Crippen molar-refractivity contribution < 1.29 is 24.5 Å². The Labute approximate surface area is 155 Å². The fourth-order valence-electron chi connectivity index (χ4n) is 3.01. The number of aromatic hydroxyl groups is 2. The molecule has 3 aromatic carbocycles. The Morgan fingerprint density at radius 3 is 2.19 bits per heavy atom. The third-order valence-electron chi connectivity index (χ3n) is 4.48. The van der Waals surface area contributed by atoms with Crippen LogP contribution in [0.1, 0.15) is 15.9 Å². The summed E-state index contributed by atoms with van der Waals surface area (Å²) in [4.78, 5) is 25.6. The number of carbonyl (C=O) groups excluding carboxylic acids is 2. The van der Waals surface area contributed by atoms with Gasteiger partial charge in [-0.15, -0.1) is 0 Å². The van der Waals surface area contributed by atoms with Gasteiger partial charge in [-0.2, -0.15) is 0 Å². The molecule has 0 radical (unpaired) electrons. The SMILES string of the molecule is COC(=O)[C@](N)(Cc1ccc(O)cc1)C(=O)c1cc2ccccc2cc1O. The number of ketones is 1. The third-order valence-corrected chi connectivity index (χ3v) is 4.48. The number of fused-ring (bicyclic) bond motifs is 1. The van der Waals surface area contributed by atoms with Crippen LogP contribution in [0.25, 0.3) is 10.8 Å². The van der Waals surface area contributed by atoms with E-state index in [1.54, 1.807) is 30.3 Å². The number of hydrogen-bond donors (Lipinski definition) is 3. The zero-order valence-corrected chi connectivity index (χ0v) is 14.7. The molecular weight excluding hydrogens is 346 g/mol. The number of benzene rings is 3. The maximum atomic E-state index is 13.2. The molecule has 6 heteroatoms. The minimum Gasteiger partial charge on any atom is -0.508 e. The van der Waals surface area contributed by atoms with Crippen LogP contribution in [0, 0.1) is 0 Å². The number of methoxy groups -OCH3 is 1. The first-order chi connectivity index (χ1) is 12.8. The first-order valence-corrected chi connectivity index (χ1v) is 8.27. The van der Waals surface area contributed by atoms with E-state index < -0.39 is 17.3 Å². The second kappa shape index (κ2) is 7.09. The van der Waals surface area contributed by atoms with Gasteiger partial charge in [-0.1, -0.05) is 36.4 Å². The molecule has 27 heavy (non-hydrogen) atoms. The lowest BCUT2D eigenvalue weighted by Crippen LogP contribution is -2.57. The molecule has 0 aromatic heterocycles. The van der Waals surface area contributed by atoms with E-state index in [0.717, 1.165) is 17.9 Å². The number of phenols is 2. The Kier molecular flexibility index (Phi) is 4.83. The first kappa shape index (κ1) is 18.4. The molecule has 6 nitrogen and oxygen atoms in total. The van der Waals surface area contributed by atoms with Gasteiger partial charge >= 0.3 is 5.97 Å². The number of Topliss-reactive ketones (excluding diaryl/α,β-unsaturated/α-hetero) is 1. The van der Waals surface area contributed by atoms with Crippen LogP contribution >= 0.6 is 0 Å². The molecule has 0 aliphatic rings. The lowest BCUT2D eigenvalue weighted by molar-refractivity contribution is -0.145. The molecule has 4 N–H and O–H groups in total. The van der Waals surface area contributed by atoms with Crippen LogP contribution in [-0.2, 0) is 16.0 Å². The molecule has 0 bridgehead atoms. The minimum absolute atomic E-state index is 0.0536. The van der Waals surface area contributed by atoms with Crippen LogP contribution in [0.4, 0.5) is 0 Å². The lowest BCUT2D eigenvalue weighted by atomic mass is 9.83. The predicted octanol–water partition coefficient (Wildman–Crippen LogP) is 2.55. The quantitative estimate of drug-likeness (QED) is 0.364. The average molecular weight is 365 g/mol. The average Bonchev–Trinajstić information content (AvgIpc) is 2.67. The van der Waals surface area contributed by atoms with Gasteiger partial charge in [0, 0.05) is 6.42 Å². The molecule has 1 atom stereocenters. The molecule has 0 heterocycles. The van der Waals surface area contributed by atoms with Gasteiger partial charge in [0.25, 0.3) is 0 Å². The number of ether oxygens (including phenoxy) is 1. The largest absolute Gasteiger partial charge is 0.508 e. The number of phenolic OH excluding ortho intramolecular Hbond substituents is 2. The summed E-state index contributed by atoms with van der Waals surface area (Å²) in [5, 5.41) is 21.2. The van der Waals surface area contributed by atoms with Gasteiger partial charge in [0.2, 0.25) is 0 Å². The Morgan fingerprint density at radius 1 is 1.00 bits per heavy atom. The minimum atomic E-state index is -2.02. The van der Waals surface area contributed by atoms with E-state index in [9.17, 15) is 19.8 Å². The number of hydrogen-bond acceptors (Lipinski definition) is 6. The van der Waals surface area contributed by atoms with Gasteiger partial charge in [0.15, 0.2) is 11.3 Å². The highest BCUT2D eigenvalue weighted by atomic mass is 16.5. The maximum absolute atomic E-state index is 13.2. The maximum Gasteiger partial charge on any atom is 0.334 e. The van der Waals surface area contributed by atoms with Crippen LogP contribution in [0.2, 0.25) is 0 Å². The Balaban J connectivity index is 2.06. The third kappa shape index (κ3) is 3.47. The number of esters is 1. The van der Waals surface area contributed by atoms with Crippen LogP contribution in [-0.4, -0.2) is 34.6 Å². The van der Waals surface area contributed by atoms with Crippen molar-refractivity contribution in [2.24, 2.45) is 5.73 Å². The highest BCUT2D eigenvalue weighted by Crippen LogP contribution is 2.29. The van der Waals surface area contributed by atoms with Crippen LogP contribution in [0.3, 0.4) is 0 Å². The molecule has 0 amide bonds. The highest BCUT2D eigenvalue weighted by molar-refractivity contribution is 6.18. The number of rotatable bonds is 5. The summed E-state index contributed by atoms with van der Waals surface area (Å²) < 4.78 is 4.77. The fraction of sp³-hybridized carbons (Fsp3) is 0.143. The molecule has 0 unspecified atom stereocenters. The zero-order chi connectivity index (χ0) is 19.6. The topological polar surface area (TPSA) is 110 Å². The summed E-state index contributed by atoms with van der Waals surface area (Å²) in [5.74, 6) is -1.86. The zero-order valence-electron chi connectivity index (χ0n) is 14.7. The fourth-order valence-corrected chi connectivity index (χ4v) is 3.01. The number of carbonyl (C=O) groups is 2. The molecular formula is C21H19NO5. The first-order valence-electron chi connectivity index (χ1n) is 8.27. The van der Waals surface area contributed by atoms with Crippen molar-refractivity contribution in [3.63, 3.8) is 0 Å². The van der Waals surface area contributed by atoms with Crippen molar-refractivity contribution in [3.8, 4) is 11.5 Å². The Hall–Kier alpha value is -3.38. The summed E-state index contributed by atoms with van der Waals surface area (Å²) in [7, 11) is 1.15. The molecule has 0 saturated heterocycles. The van der Waals surface area contributed by atoms with Crippen LogP contribution in [0.15, 0.2) is 60.7 Å². The summed E-state index contributed by atoms with van der Waals surface area (Å²) in [6.45, 7) is 0. The molecule has 0 spiro atoms. The van der Waals surface area contributed by atoms with Gasteiger partial charge in [-0.25, -0.2) is 4.79 Å². The summed E-state index contributed by atoms with van der Waals surface area (Å²) in [5.41, 5.74) is 4.70. The van der Waals surface area contributed by atoms with E-state index in [0.29, 0.717) is 5.56 Å². The smallest absolute Gasteiger partial charge is 0.334 e. The van der Waals surface area contributed by atoms with Gasteiger partial charge in [0.05, 0.1) is 12.7 Å². The summed E-state index contributed by atoms with van der Waals surface area (Å²) >= 11 is 0. The van der Waals surface area contributed by atoms with Gasteiger partial charge in [-0.05, 0) is 40.6 Å². The molecule has 3 aromatic rings. The second-order valence-electron chi connectivity index (χ2n) is 6.35. The molecule has 0 aliphatic heterocycles. The Bertz CT molecular complexity index is 1010. The number of nitrogens with two attached hydrogens (primary N) is 1. The van der Waals surface area contributed by atoms with E-state index in [1.165, 1.54) is 24.3 Å². The lowest BCUT2D eigenvalue weighted by Gasteiger charge is -2.25. The molecule has 3 rings (SSSR count). The molecule has 0 fully saturated rings. The van der Waals surface area contributed by atoms with E-state index >= 15 is 0 Å². The van der Waals surface area contributed by atoms with E-state index in [4.69, 9.17) is 10.5 Å². The Morgan fingerprint density at radius 2 is 1.59 bits per heavy atom. The van der Waals surface area contributed by atoms with Crippen molar-refractivity contribution >= 4 is 22.5 Å².